The summed E-state index contributed by atoms with van der Waals surface area (Å²) in [6.07, 6.45) is 3.04. The lowest BCUT2D eigenvalue weighted by molar-refractivity contribution is -0.121. The van der Waals surface area contributed by atoms with E-state index in [0.29, 0.717) is 19.5 Å². The molecule has 3 N–H and O–H groups in total. The van der Waals surface area contributed by atoms with E-state index in [1.54, 1.807) is 0 Å². The number of carbonyl (C=O) groups excluding carboxylic acids is 1. The lowest BCUT2D eigenvalue weighted by atomic mass is 10.2. The molecule has 0 bridgehead atoms. The van der Waals surface area contributed by atoms with Gasteiger partial charge in [-0.3, -0.25) is 4.79 Å². The molecule has 6 heteroatoms. The Labute approximate surface area is 126 Å². The number of nitrogens with two attached hydrogens (primary N) is 1. The molecular weight excluding hydrogens is 266 g/mol. The maximum absolute atomic E-state index is 11.6. The molecule has 6 nitrogen and oxygen atoms in total. The van der Waals surface area contributed by atoms with Crippen molar-refractivity contribution in [3.63, 3.8) is 0 Å². The van der Waals surface area contributed by atoms with Crippen LogP contribution < -0.4 is 16.0 Å². The van der Waals surface area contributed by atoms with E-state index in [0.717, 1.165) is 44.0 Å². The van der Waals surface area contributed by atoms with Crippen molar-refractivity contribution in [2.24, 2.45) is 5.73 Å². The number of aromatic nitrogens is 1. The Hall–Kier alpha value is -1.66. The third-order valence-electron chi connectivity index (χ3n) is 3.73. The smallest absolute Gasteiger partial charge is 0.220 e. The zero-order valence-corrected chi connectivity index (χ0v) is 12.7. The molecule has 1 aliphatic rings. The molecule has 0 radical (unpaired) electrons. The molecule has 0 aromatic carbocycles. The first kappa shape index (κ1) is 15.7. The summed E-state index contributed by atoms with van der Waals surface area (Å²) in [4.78, 5) is 20.7. The number of carbonyl (C=O) groups is 1. The van der Waals surface area contributed by atoms with E-state index in [1.807, 2.05) is 12.3 Å². The largest absolute Gasteiger partial charge is 0.354 e. The molecule has 2 rings (SSSR count). The fraction of sp³-hybridized carbons (Fsp3) is 0.600. The Morgan fingerprint density at radius 2 is 2.14 bits per heavy atom. The van der Waals surface area contributed by atoms with Crippen molar-refractivity contribution in [2.75, 3.05) is 44.7 Å². The minimum absolute atomic E-state index is 0.0541. The minimum atomic E-state index is 0.0541. The van der Waals surface area contributed by atoms with Crippen LogP contribution in [-0.2, 0) is 11.3 Å². The Balaban J connectivity index is 1.87. The van der Waals surface area contributed by atoms with Crippen LogP contribution in [0.25, 0.3) is 0 Å². The summed E-state index contributed by atoms with van der Waals surface area (Å²) >= 11 is 0. The van der Waals surface area contributed by atoms with Gasteiger partial charge in [0.2, 0.25) is 5.91 Å². The van der Waals surface area contributed by atoms with Crippen LogP contribution in [-0.4, -0.2) is 55.6 Å². The van der Waals surface area contributed by atoms with Gasteiger partial charge in [0.05, 0.1) is 0 Å². The van der Waals surface area contributed by atoms with Crippen molar-refractivity contribution in [3.8, 4) is 0 Å². The molecule has 1 fully saturated rings. The maximum Gasteiger partial charge on any atom is 0.220 e. The van der Waals surface area contributed by atoms with Gasteiger partial charge in [-0.15, -0.1) is 0 Å². The van der Waals surface area contributed by atoms with Crippen LogP contribution in [0.3, 0.4) is 0 Å². The second-order valence-electron chi connectivity index (χ2n) is 5.48. The first-order valence-electron chi connectivity index (χ1n) is 7.54. The van der Waals surface area contributed by atoms with E-state index in [-0.39, 0.29) is 5.91 Å². The number of hydrogen-bond donors (Lipinski definition) is 2. The summed E-state index contributed by atoms with van der Waals surface area (Å²) in [6.45, 7) is 5.21. The van der Waals surface area contributed by atoms with Gasteiger partial charge in [0.1, 0.15) is 5.82 Å². The Bertz CT molecular complexity index is 457. The summed E-state index contributed by atoms with van der Waals surface area (Å²) in [6, 6.07) is 4.01. The number of amides is 1. The SMILES string of the molecule is CN1CCN(c2cc(CNC(=O)CCCN)ccn2)CC1. The molecule has 116 valence electrons. The fourth-order valence-corrected chi connectivity index (χ4v) is 2.33. The molecule has 21 heavy (non-hydrogen) atoms. The first-order valence-corrected chi connectivity index (χ1v) is 7.54. The highest BCUT2D eigenvalue weighted by molar-refractivity contribution is 5.75. The molecule has 0 atom stereocenters. The molecule has 2 heterocycles. The molecule has 0 spiro atoms. The van der Waals surface area contributed by atoms with Crippen molar-refractivity contribution < 1.29 is 4.79 Å². The van der Waals surface area contributed by atoms with Gasteiger partial charge in [0, 0.05) is 45.3 Å². The van der Waals surface area contributed by atoms with Crippen molar-refractivity contribution in [1.82, 2.24) is 15.2 Å². The molecule has 1 aromatic heterocycles. The van der Waals surface area contributed by atoms with E-state index >= 15 is 0 Å². The monoisotopic (exact) mass is 291 g/mol. The standard InChI is InChI=1S/C15H25N5O/c1-19-7-9-20(10-8-19)14-11-13(4-6-17-14)12-18-15(21)3-2-5-16/h4,6,11H,2-3,5,7-10,12,16H2,1H3,(H,18,21). The van der Waals surface area contributed by atoms with E-state index in [4.69, 9.17) is 5.73 Å². The van der Waals surface area contributed by atoms with E-state index in [9.17, 15) is 4.79 Å². The normalized spacial score (nSPS) is 16.0. The number of likely N-dealkylation sites (N-methyl/N-ethyl adjacent to an activating group) is 1. The third-order valence-corrected chi connectivity index (χ3v) is 3.73. The first-order chi connectivity index (χ1) is 10.2. The zero-order valence-electron chi connectivity index (χ0n) is 12.7. The van der Waals surface area contributed by atoms with E-state index in [2.05, 4.69) is 33.2 Å². The van der Waals surface area contributed by atoms with Gasteiger partial charge < -0.3 is 20.9 Å². The summed E-state index contributed by atoms with van der Waals surface area (Å²) in [5.74, 6) is 1.05. The van der Waals surface area contributed by atoms with Crippen LogP contribution in [0.1, 0.15) is 18.4 Å². The minimum Gasteiger partial charge on any atom is -0.354 e. The molecule has 1 amide bonds. The number of anilines is 1. The van der Waals surface area contributed by atoms with Crippen LogP contribution in [0, 0.1) is 0 Å². The van der Waals surface area contributed by atoms with Crippen LogP contribution >= 0.6 is 0 Å². The van der Waals surface area contributed by atoms with Gasteiger partial charge in [-0.1, -0.05) is 0 Å². The predicted octanol–water partition coefficient (Wildman–Crippen LogP) is 0.189. The van der Waals surface area contributed by atoms with Crippen molar-refractivity contribution in [3.05, 3.63) is 23.9 Å². The lowest BCUT2D eigenvalue weighted by Gasteiger charge is -2.33. The predicted molar refractivity (Wildman–Crippen MR) is 84.1 cm³/mol. The van der Waals surface area contributed by atoms with Gasteiger partial charge in [-0.2, -0.15) is 0 Å². The van der Waals surface area contributed by atoms with Crippen LogP contribution in [0.15, 0.2) is 18.3 Å². The molecule has 0 saturated carbocycles. The number of piperazine rings is 1. The zero-order chi connectivity index (χ0) is 15.1. The number of nitrogens with one attached hydrogen (secondary N) is 1. The number of hydrogen-bond acceptors (Lipinski definition) is 5. The van der Waals surface area contributed by atoms with Crippen LogP contribution in [0.4, 0.5) is 5.82 Å². The van der Waals surface area contributed by atoms with E-state index < -0.39 is 0 Å². The fourth-order valence-electron chi connectivity index (χ4n) is 2.33. The second-order valence-corrected chi connectivity index (χ2v) is 5.48. The highest BCUT2D eigenvalue weighted by Gasteiger charge is 2.15. The molecule has 1 aliphatic heterocycles. The Morgan fingerprint density at radius 1 is 1.38 bits per heavy atom. The van der Waals surface area contributed by atoms with E-state index in [1.165, 1.54) is 0 Å². The van der Waals surface area contributed by atoms with Gasteiger partial charge >= 0.3 is 0 Å². The van der Waals surface area contributed by atoms with Crippen molar-refractivity contribution in [1.29, 1.82) is 0 Å². The lowest BCUT2D eigenvalue weighted by Crippen LogP contribution is -2.44. The summed E-state index contributed by atoms with van der Waals surface area (Å²) in [7, 11) is 2.14. The quantitative estimate of drug-likeness (QED) is 0.782. The second kappa shape index (κ2) is 7.95. The highest BCUT2D eigenvalue weighted by Crippen LogP contribution is 2.14. The maximum atomic E-state index is 11.6. The Kier molecular flexibility index (Phi) is 5.95. The Morgan fingerprint density at radius 3 is 2.86 bits per heavy atom. The highest BCUT2D eigenvalue weighted by atomic mass is 16.1. The summed E-state index contributed by atoms with van der Waals surface area (Å²) < 4.78 is 0. The van der Waals surface area contributed by atoms with Crippen LogP contribution in [0.5, 0.6) is 0 Å². The topological polar surface area (TPSA) is 74.5 Å². The molecule has 0 unspecified atom stereocenters. The molecular formula is C15H25N5O. The summed E-state index contributed by atoms with van der Waals surface area (Å²) in [5.41, 5.74) is 6.48. The van der Waals surface area contributed by atoms with Gasteiger partial charge in [0.25, 0.3) is 0 Å². The van der Waals surface area contributed by atoms with Gasteiger partial charge in [-0.05, 0) is 37.7 Å². The van der Waals surface area contributed by atoms with Crippen molar-refractivity contribution in [2.45, 2.75) is 19.4 Å². The number of nitrogens with zero attached hydrogens (tertiary/aromatic N) is 3. The average molecular weight is 291 g/mol. The van der Waals surface area contributed by atoms with Crippen LogP contribution in [0.2, 0.25) is 0 Å². The molecule has 0 aliphatic carbocycles. The van der Waals surface area contributed by atoms with Gasteiger partial charge in [-0.25, -0.2) is 4.98 Å². The number of pyridine rings is 1. The summed E-state index contributed by atoms with van der Waals surface area (Å²) in [5, 5.41) is 2.92. The third kappa shape index (κ3) is 4.99. The number of rotatable bonds is 6. The molecule has 1 saturated heterocycles. The molecule has 1 aromatic rings. The van der Waals surface area contributed by atoms with Gasteiger partial charge in [0.15, 0.2) is 0 Å². The van der Waals surface area contributed by atoms with Crippen molar-refractivity contribution >= 4 is 11.7 Å². The average Bonchev–Trinajstić information content (AvgIpc) is 2.52.